The number of hydrogen-bond donors (Lipinski definition) is 1. The van der Waals surface area contributed by atoms with Crippen molar-refractivity contribution < 1.29 is 9.59 Å². The third-order valence-corrected chi connectivity index (χ3v) is 4.61. The second-order valence-electron chi connectivity index (χ2n) is 6.37. The molecule has 2 unspecified atom stereocenters. The van der Waals surface area contributed by atoms with Crippen molar-refractivity contribution in [2.24, 2.45) is 13.0 Å². The van der Waals surface area contributed by atoms with E-state index >= 15 is 0 Å². The van der Waals surface area contributed by atoms with Crippen molar-refractivity contribution in [2.45, 2.75) is 51.2 Å². The maximum atomic E-state index is 12.9. The van der Waals surface area contributed by atoms with Gasteiger partial charge in [-0.25, -0.2) is 0 Å². The van der Waals surface area contributed by atoms with Crippen molar-refractivity contribution in [1.29, 1.82) is 0 Å². The van der Waals surface area contributed by atoms with Gasteiger partial charge in [-0.3, -0.25) is 14.3 Å². The summed E-state index contributed by atoms with van der Waals surface area (Å²) in [7, 11) is 1.85. The van der Waals surface area contributed by atoms with Gasteiger partial charge in [0.1, 0.15) is 11.6 Å². The molecule has 1 aromatic heterocycles. The lowest BCUT2D eigenvalue weighted by molar-refractivity contribution is -0.156. The summed E-state index contributed by atoms with van der Waals surface area (Å²) >= 11 is 0. The molecule has 1 aliphatic carbocycles. The van der Waals surface area contributed by atoms with E-state index in [1.54, 1.807) is 9.58 Å². The van der Waals surface area contributed by atoms with Gasteiger partial charge in [-0.1, -0.05) is 6.92 Å². The zero-order valence-electron chi connectivity index (χ0n) is 12.8. The Bertz CT molecular complexity index is 578. The molecule has 6 nitrogen and oxygen atoms in total. The highest BCUT2D eigenvalue weighted by Gasteiger charge is 2.51. The first kappa shape index (κ1) is 14.1. The molecular weight excluding hydrogens is 268 g/mol. The number of carbonyl (C=O) groups is 2. The molecule has 1 aromatic rings. The van der Waals surface area contributed by atoms with Crippen molar-refractivity contribution in [3.05, 3.63) is 18.0 Å². The fourth-order valence-electron chi connectivity index (χ4n) is 3.00. The number of nitrogens with zero attached hydrogens (tertiary/aromatic N) is 3. The van der Waals surface area contributed by atoms with E-state index in [0.29, 0.717) is 18.9 Å². The number of aryl methyl sites for hydroxylation is 1. The van der Waals surface area contributed by atoms with Gasteiger partial charge in [0.2, 0.25) is 11.8 Å². The molecule has 0 aromatic carbocycles. The molecule has 0 bridgehead atoms. The molecule has 3 rings (SSSR count). The standard InChI is InChI=1S/C15H22N4O2/c1-4-15(2)14(21)19(9-11-7-8-18(3)17-11)12(10-5-6-10)13(20)16-15/h7-8,10,12H,4-6,9H2,1-3H3,(H,16,20). The number of amides is 2. The lowest BCUT2D eigenvalue weighted by atomic mass is 9.90. The fourth-order valence-corrected chi connectivity index (χ4v) is 3.00. The molecule has 2 aliphatic rings. The molecule has 114 valence electrons. The van der Waals surface area contributed by atoms with Gasteiger partial charge in [0.25, 0.3) is 0 Å². The van der Waals surface area contributed by atoms with Gasteiger partial charge in [0, 0.05) is 13.2 Å². The first-order valence-corrected chi connectivity index (χ1v) is 7.56. The summed E-state index contributed by atoms with van der Waals surface area (Å²) in [6.07, 6.45) is 4.49. The van der Waals surface area contributed by atoms with Gasteiger partial charge in [-0.2, -0.15) is 5.10 Å². The summed E-state index contributed by atoms with van der Waals surface area (Å²) in [5.41, 5.74) is 0.0294. The number of carbonyl (C=O) groups excluding carboxylic acids is 2. The van der Waals surface area contributed by atoms with E-state index in [1.807, 2.05) is 33.2 Å². The first-order valence-electron chi connectivity index (χ1n) is 7.56. The van der Waals surface area contributed by atoms with Gasteiger partial charge in [0.15, 0.2) is 0 Å². The second kappa shape index (κ2) is 4.86. The highest BCUT2D eigenvalue weighted by molar-refractivity contribution is 5.99. The topological polar surface area (TPSA) is 67.2 Å². The second-order valence-corrected chi connectivity index (χ2v) is 6.37. The highest BCUT2D eigenvalue weighted by atomic mass is 16.2. The van der Waals surface area contributed by atoms with E-state index in [-0.39, 0.29) is 17.9 Å². The monoisotopic (exact) mass is 290 g/mol. The van der Waals surface area contributed by atoms with Crippen LogP contribution in [-0.2, 0) is 23.2 Å². The minimum absolute atomic E-state index is 0.00662. The van der Waals surface area contributed by atoms with Crippen molar-refractivity contribution >= 4 is 11.8 Å². The molecule has 21 heavy (non-hydrogen) atoms. The molecule has 2 heterocycles. The Balaban J connectivity index is 1.90. The molecule has 2 fully saturated rings. The van der Waals surface area contributed by atoms with Gasteiger partial charge in [0.05, 0.1) is 12.2 Å². The molecule has 1 N–H and O–H groups in total. The molecule has 2 atom stereocenters. The largest absolute Gasteiger partial charge is 0.340 e. The van der Waals surface area contributed by atoms with Crippen LogP contribution < -0.4 is 5.32 Å². The molecule has 6 heteroatoms. The predicted octanol–water partition coefficient (Wildman–Crippen LogP) is 0.826. The maximum Gasteiger partial charge on any atom is 0.249 e. The molecule has 0 radical (unpaired) electrons. The van der Waals surface area contributed by atoms with Crippen molar-refractivity contribution in [2.75, 3.05) is 0 Å². The van der Waals surface area contributed by atoms with Crippen molar-refractivity contribution in [3.8, 4) is 0 Å². The predicted molar refractivity (Wildman–Crippen MR) is 77.1 cm³/mol. The Morgan fingerprint density at radius 3 is 2.67 bits per heavy atom. The first-order chi connectivity index (χ1) is 9.94. The summed E-state index contributed by atoms with van der Waals surface area (Å²) in [5.74, 6) is 0.295. The van der Waals surface area contributed by atoms with Crippen LogP contribution in [0.2, 0.25) is 0 Å². The minimum atomic E-state index is -0.794. The molecule has 0 spiro atoms. The lowest BCUT2D eigenvalue weighted by Crippen LogP contribution is -2.69. The van der Waals surface area contributed by atoms with Crippen LogP contribution in [0.1, 0.15) is 38.8 Å². The van der Waals surface area contributed by atoms with Gasteiger partial charge in [-0.05, 0) is 38.2 Å². The van der Waals surface area contributed by atoms with E-state index in [1.165, 1.54) is 0 Å². The molecule has 1 aliphatic heterocycles. The van der Waals surface area contributed by atoms with E-state index in [2.05, 4.69) is 10.4 Å². The Hall–Kier alpha value is -1.85. The minimum Gasteiger partial charge on any atom is -0.340 e. The Labute approximate surface area is 124 Å². The Kier molecular flexibility index (Phi) is 3.26. The van der Waals surface area contributed by atoms with Gasteiger partial charge < -0.3 is 10.2 Å². The summed E-state index contributed by atoms with van der Waals surface area (Å²) in [4.78, 5) is 27.1. The maximum absolute atomic E-state index is 12.9. The molecule has 1 saturated carbocycles. The van der Waals surface area contributed by atoms with Crippen LogP contribution in [0.25, 0.3) is 0 Å². The highest BCUT2D eigenvalue weighted by Crippen LogP contribution is 2.39. The molecule has 2 amide bonds. The SMILES string of the molecule is CCC1(C)NC(=O)C(C2CC2)N(Cc2ccn(C)n2)C1=O. The van der Waals surface area contributed by atoms with Crippen LogP contribution in [0.3, 0.4) is 0 Å². The summed E-state index contributed by atoms with van der Waals surface area (Å²) < 4.78 is 1.72. The van der Waals surface area contributed by atoms with Crippen LogP contribution in [0.4, 0.5) is 0 Å². The zero-order chi connectivity index (χ0) is 15.2. The lowest BCUT2D eigenvalue weighted by Gasteiger charge is -2.44. The van der Waals surface area contributed by atoms with Crippen molar-refractivity contribution in [3.63, 3.8) is 0 Å². The smallest absolute Gasteiger partial charge is 0.249 e. The van der Waals surface area contributed by atoms with Crippen LogP contribution in [0, 0.1) is 5.92 Å². The fraction of sp³-hybridized carbons (Fsp3) is 0.667. The Morgan fingerprint density at radius 2 is 2.14 bits per heavy atom. The van der Waals surface area contributed by atoms with E-state index in [0.717, 1.165) is 18.5 Å². The zero-order valence-corrected chi connectivity index (χ0v) is 12.8. The average molecular weight is 290 g/mol. The number of rotatable bonds is 4. The quantitative estimate of drug-likeness (QED) is 0.893. The van der Waals surface area contributed by atoms with E-state index in [4.69, 9.17) is 0 Å². The third-order valence-electron chi connectivity index (χ3n) is 4.61. The molecule has 1 saturated heterocycles. The number of aromatic nitrogens is 2. The van der Waals surface area contributed by atoms with E-state index < -0.39 is 5.54 Å². The number of piperazine rings is 1. The normalized spacial score (nSPS) is 29.7. The van der Waals surface area contributed by atoms with Crippen LogP contribution in [0.5, 0.6) is 0 Å². The number of hydrogen-bond acceptors (Lipinski definition) is 3. The summed E-state index contributed by atoms with van der Waals surface area (Å²) in [6.45, 7) is 4.14. The average Bonchev–Trinajstić information content (AvgIpc) is 3.18. The van der Waals surface area contributed by atoms with Gasteiger partial charge in [-0.15, -0.1) is 0 Å². The third kappa shape index (κ3) is 2.43. The van der Waals surface area contributed by atoms with Crippen LogP contribution in [-0.4, -0.2) is 38.1 Å². The molecular formula is C15H22N4O2. The Morgan fingerprint density at radius 1 is 1.43 bits per heavy atom. The van der Waals surface area contributed by atoms with E-state index in [9.17, 15) is 9.59 Å². The van der Waals surface area contributed by atoms with Crippen LogP contribution >= 0.6 is 0 Å². The van der Waals surface area contributed by atoms with Gasteiger partial charge >= 0.3 is 0 Å². The summed E-state index contributed by atoms with van der Waals surface area (Å²) in [6, 6.07) is 1.56. The van der Waals surface area contributed by atoms with Crippen LogP contribution in [0.15, 0.2) is 12.3 Å². The van der Waals surface area contributed by atoms with Crippen molar-refractivity contribution in [1.82, 2.24) is 20.0 Å². The summed E-state index contributed by atoms with van der Waals surface area (Å²) in [5, 5.41) is 7.27. The number of nitrogens with one attached hydrogen (secondary N) is 1.